The van der Waals surface area contributed by atoms with E-state index in [-0.39, 0.29) is 11.9 Å². The summed E-state index contributed by atoms with van der Waals surface area (Å²) in [6.07, 6.45) is 8.44. The highest BCUT2D eigenvalue weighted by Crippen LogP contribution is 2.34. The van der Waals surface area contributed by atoms with Crippen molar-refractivity contribution in [2.45, 2.75) is 44.7 Å². The molecule has 0 unspecified atom stereocenters. The number of carbonyl (C=O) groups excluding carboxylic acids is 1. The Balaban J connectivity index is 1.69. The number of aromatic nitrogens is 5. The largest absolute Gasteiger partial charge is 0.348 e. The summed E-state index contributed by atoms with van der Waals surface area (Å²) < 4.78 is 3.37. The van der Waals surface area contributed by atoms with Crippen molar-refractivity contribution in [1.29, 1.82) is 0 Å². The van der Waals surface area contributed by atoms with E-state index in [9.17, 15) is 4.79 Å². The van der Waals surface area contributed by atoms with Gasteiger partial charge in [0.15, 0.2) is 5.69 Å². The van der Waals surface area contributed by atoms with E-state index in [1.807, 2.05) is 12.1 Å². The highest BCUT2D eigenvalue weighted by Gasteiger charge is 2.28. The van der Waals surface area contributed by atoms with E-state index in [0.717, 1.165) is 36.9 Å². The van der Waals surface area contributed by atoms with Crippen LogP contribution in [0.2, 0.25) is 15.1 Å². The van der Waals surface area contributed by atoms with Crippen LogP contribution in [0.1, 0.15) is 48.2 Å². The summed E-state index contributed by atoms with van der Waals surface area (Å²) in [6.45, 7) is 0.302. The van der Waals surface area contributed by atoms with E-state index in [2.05, 4.69) is 15.4 Å². The third-order valence-corrected chi connectivity index (χ3v) is 6.97. The molecule has 0 aliphatic heterocycles. The second kappa shape index (κ2) is 10.4. The van der Waals surface area contributed by atoms with Gasteiger partial charge >= 0.3 is 0 Å². The molecule has 0 bridgehead atoms. The van der Waals surface area contributed by atoms with Crippen LogP contribution in [0, 0.1) is 0 Å². The standard InChI is InChI=1S/C25H23Cl3N6O/c26-17-8-6-16(7-9-17)24-20(13-33-15-29-14-30-33)23(25(35)31-19-4-2-1-3-5-19)32-34(24)22-11-10-18(27)12-21(22)28/h6-12,14-15,19H,1-5,13H2,(H,31,35). The second-order valence-electron chi connectivity index (χ2n) is 8.59. The Labute approximate surface area is 218 Å². The molecular weight excluding hydrogens is 507 g/mol. The predicted molar refractivity (Wildman–Crippen MR) is 137 cm³/mol. The van der Waals surface area contributed by atoms with Crippen molar-refractivity contribution in [2.24, 2.45) is 0 Å². The van der Waals surface area contributed by atoms with Crippen LogP contribution < -0.4 is 5.32 Å². The maximum Gasteiger partial charge on any atom is 0.272 e. The topological polar surface area (TPSA) is 77.6 Å². The Bertz CT molecular complexity index is 1330. The van der Waals surface area contributed by atoms with Gasteiger partial charge in [-0.1, -0.05) is 66.2 Å². The van der Waals surface area contributed by atoms with Crippen LogP contribution in [-0.4, -0.2) is 36.5 Å². The molecule has 1 aliphatic carbocycles. The molecule has 7 nitrogen and oxygen atoms in total. The van der Waals surface area contributed by atoms with Crippen LogP contribution in [0.4, 0.5) is 0 Å². The zero-order valence-electron chi connectivity index (χ0n) is 18.8. The molecule has 2 aromatic heterocycles. The molecule has 180 valence electrons. The summed E-state index contributed by atoms with van der Waals surface area (Å²) in [5, 5.41) is 13.8. The second-order valence-corrected chi connectivity index (χ2v) is 9.87. The fourth-order valence-corrected chi connectivity index (χ4v) is 5.11. The maximum atomic E-state index is 13.6. The number of rotatable bonds is 6. The monoisotopic (exact) mass is 528 g/mol. The molecule has 0 spiro atoms. The van der Waals surface area contributed by atoms with Gasteiger partial charge in [-0.15, -0.1) is 0 Å². The fraction of sp³-hybridized carbons (Fsp3) is 0.280. The lowest BCUT2D eigenvalue weighted by Crippen LogP contribution is -2.37. The molecule has 10 heteroatoms. The molecule has 1 amide bonds. The lowest BCUT2D eigenvalue weighted by atomic mass is 9.95. The summed E-state index contributed by atoms with van der Waals surface area (Å²) in [6, 6.07) is 12.7. The van der Waals surface area contributed by atoms with Gasteiger partial charge in [-0.2, -0.15) is 10.2 Å². The average Bonchev–Trinajstić information content (AvgIpc) is 3.49. The van der Waals surface area contributed by atoms with Gasteiger partial charge in [0.05, 0.1) is 22.9 Å². The zero-order valence-corrected chi connectivity index (χ0v) is 21.1. The van der Waals surface area contributed by atoms with Crippen LogP contribution in [0.3, 0.4) is 0 Å². The Kier molecular flexibility index (Phi) is 7.09. The van der Waals surface area contributed by atoms with Crippen molar-refractivity contribution < 1.29 is 4.79 Å². The van der Waals surface area contributed by atoms with Crippen molar-refractivity contribution in [3.8, 4) is 16.9 Å². The van der Waals surface area contributed by atoms with E-state index in [1.54, 1.807) is 46.0 Å². The van der Waals surface area contributed by atoms with E-state index >= 15 is 0 Å². The third kappa shape index (κ3) is 5.22. The van der Waals surface area contributed by atoms with Gasteiger partial charge in [0.25, 0.3) is 5.91 Å². The van der Waals surface area contributed by atoms with Gasteiger partial charge in [0.1, 0.15) is 12.7 Å². The Morgan fingerprint density at radius 3 is 2.43 bits per heavy atom. The lowest BCUT2D eigenvalue weighted by Gasteiger charge is -2.22. The molecule has 1 N–H and O–H groups in total. The van der Waals surface area contributed by atoms with Crippen molar-refractivity contribution in [1.82, 2.24) is 29.9 Å². The molecule has 2 heterocycles. The van der Waals surface area contributed by atoms with Crippen molar-refractivity contribution >= 4 is 40.7 Å². The van der Waals surface area contributed by atoms with E-state index in [1.165, 1.54) is 12.7 Å². The molecule has 0 atom stereocenters. The number of hydrogen-bond donors (Lipinski definition) is 1. The molecular formula is C25H23Cl3N6O. The van der Waals surface area contributed by atoms with Gasteiger partial charge in [-0.3, -0.25) is 4.79 Å². The number of benzene rings is 2. The average molecular weight is 530 g/mol. The molecule has 4 aromatic rings. The SMILES string of the molecule is O=C(NC1CCCCC1)c1nn(-c2ccc(Cl)cc2Cl)c(-c2ccc(Cl)cc2)c1Cn1cncn1. The molecule has 0 saturated heterocycles. The Morgan fingerprint density at radius 1 is 1.00 bits per heavy atom. The first-order chi connectivity index (χ1) is 17.0. The summed E-state index contributed by atoms with van der Waals surface area (Å²) in [7, 11) is 0. The first-order valence-corrected chi connectivity index (χ1v) is 12.6. The first-order valence-electron chi connectivity index (χ1n) is 11.5. The van der Waals surface area contributed by atoms with Crippen LogP contribution in [0.25, 0.3) is 16.9 Å². The number of hydrogen-bond acceptors (Lipinski definition) is 4. The Hall–Kier alpha value is -2.87. The minimum atomic E-state index is -0.217. The third-order valence-electron chi connectivity index (χ3n) is 6.18. The first kappa shape index (κ1) is 23.9. The quantitative estimate of drug-likeness (QED) is 0.322. The summed E-state index contributed by atoms with van der Waals surface area (Å²) >= 11 is 18.9. The van der Waals surface area contributed by atoms with Gasteiger partial charge in [0, 0.05) is 27.2 Å². The van der Waals surface area contributed by atoms with Crippen molar-refractivity contribution in [3.05, 3.63) is 81.4 Å². The van der Waals surface area contributed by atoms with Gasteiger partial charge in [-0.05, 0) is 43.2 Å². The van der Waals surface area contributed by atoms with Crippen LogP contribution in [0.5, 0.6) is 0 Å². The number of nitrogens with zero attached hydrogens (tertiary/aromatic N) is 5. The maximum absolute atomic E-state index is 13.6. The minimum Gasteiger partial charge on any atom is -0.348 e. The number of nitrogens with one attached hydrogen (secondary N) is 1. The normalized spacial score (nSPS) is 14.3. The van der Waals surface area contributed by atoms with E-state index in [0.29, 0.717) is 38.6 Å². The van der Waals surface area contributed by atoms with Gasteiger partial charge < -0.3 is 5.32 Å². The summed E-state index contributed by atoms with van der Waals surface area (Å²) in [4.78, 5) is 17.6. The minimum absolute atomic E-state index is 0.138. The smallest absolute Gasteiger partial charge is 0.272 e. The molecule has 1 aliphatic rings. The highest BCUT2D eigenvalue weighted by molar-refractivity contribution is 6.35. The number of carbonyl (C=O) groups is 1. The molecule has 1 fully saturated rings. The van der Waals surface area contributed by atoms with E-state index in [4.69, 9.17) is 39.9 Å². The number of amides is 1. The van der Waals surface area contributed by atoms with Gasteiger partial charge in [0.2, 0.25) is 0 Å². The molecule has 0 radical (unpaired) electrons. The molecule has 2 aromatic carbocycles. The Morgan fingerprint density at radius 2 is 1.74 bits per heavy atom. The lowest BCUT2D eigenvalue weighted by molar-refractivity contribution is 0.0921. The summed E-state index contributed by atoms with van der Waals surface area (Å²) in [5.41, 5.74) is 3.19. The molecule has 35 heavy (non-hydrogen) atoms. The van der Waals surface area contributed by atoms with Gasteiger partial charge in [-0.25, -0.2) is 14.3 Å². The van der Waals surface area contributed by atoms with Crippen LogP contribution in [0.15, 0.2) is 55.1 Å². The van der Waals surface area contributed by atoms with Crippen molar-refractivity contribution in [2.75, 3.05) is 0 Å². The molecule has 1 saturated carbocycles. The van der Waals surface area contributed by atoms with Crippen molar-refractivity contribution in [3.63, 3.8) is 0 Å². The summed E-state index contributed by atoms with van der Waals surface area (Å²) in [5.74, 6) is -0.217. The zero-order chi connectivity index (χ0) is 24.4. The number of halogens is 3. The molecule has 5 rings (SSSR count). The highest BCUT2D eigenvalue weighted by atomic mass is 35.5. The van der Waals surface area contributed by atoms with Crippen LogP contribution >= 0.6 is 34.8 Å². The fourth-order valence-electron chi connectivity index (χ4n) is 4.49. The van der Waals surface area contributed by atoms with E-state index < -0.39 is 0 Å². The predicted octanol–water partition coefficient (Wildman–Crippen LogP) is 6.20. The van der Waals surface area contributed by atoms with Crippen LogP contribution in [-0.2, 0) is 6.54 Å².